The molecular weight excluding hydrogens is 265 g/mol. The summed E-state index contributed by atoms with van der Waals surface area (Å²) in [6, 6.07) is 5.78. The number of benzene rings is 1. The standard InChI is InChI=1S/C15H21Cl2N/c1-18-10-13(11-4-2-3-5-11)8-12-9-14(16)6-7-15(12)17/h6-7,9,11,13,18H,2-5,8,10H2,1H3. The van der Waals surface area contributed by atoms with Crippen LogP contribution in [0.5, 0.6) is 0 Å². The van der Waals surface area contributed by atoms with Gasteiger partial charge in [0.25, 0.3) is 0 Å². The van der Waals surface area contributed by atoms with E-state index in [0.717, 1.165) is 28.9 Å². The maximum Gasteiger partial charge on any atom is 0.0439 e. The van der Waals surface area contributed by atoms with Crippen molar-refractivity contribution in [2.24, 2.45) is 11.8 Å². The van der Waals surface area contributed by atoms with Gasteiger partial charge in [-0.25, -0.2) is 0 Å². The van der Waals surface area contributed by atoms with Gasteiger partial charge >= 0.3 is 0 Å². The molecule has 0 spiro atoms. The fourth-order valence-electron chi connectivity index (χ4n) is 3.08. The molecule has 0 aliphatic heterocycles. The largest absolute Gasteiger partial charge is 0.319 e. The maximum absolute atomic E-state index is 6.27. The van der Waals surface area contributed by atoms with Crippen LogP contribution < -0.4 is 5.32 Å². The summed E-state index contributed by atoms with van der Waals surface area (Å²) in [7, 11) is 2.03. The monoisotopic (exact) mass is 285 g/mol. The molecule has 100 valence electrons. The molecule has 1 nitrogen and oxygen atoms in total. The van der Waals surface area contributed by atoms with Crippen LogP contribution in [0.1, 0.15) is 31.2 Å². The van der Waals surface area contributed by atoms with Gasteiger partial charge in [0.2, 0.25) is 0 Å². The van der Waals surface area contributed by atoms with Crippen molar-refractivity contribution in [2.45, 2.75) is 32.1 Å². The van der Waals surface area contributed by atoms with Crippen LogP contribution in [0.2, 0.25) is 10.0 Å². The minimum absolute atomic E-state index is 0.675. The van der Waals surface area contributed by atoms with Crippen LogP contribution in [0.15, 0.2) is 18.2 Å². The van der Waals surface area contributed by atoms with Crippen LogP contribution in [0.3, 0.4) is 0 Å². The van der Waals surface area contributed by atoms with E-state index in [2.05, 4.69) is 5.32 Å². The van der Waals surface area contributed by atoms with Gasteiger partial charge in [0, 0.05) is 10.0 Å². The summed E-state index contributed by atoms with van der Waals surface area (Å²) in [5, 5.41) is 4.95. The molecule has 1 atom stereocenters. The molecule has 1 N–H and O–H groups in total. The topological polar surface area (TPSA) is 12.0 Å². The Bertz CT molecular complexity index is 386. The Morgan fingerprint density at radius 2 is 2.00 bits per heavy atom. The lowest BCUT2D eigenvalue weighted by molar-refractivity contribution is 0.328. The number of rotatable bonds is 5. The first-order valence-electron chi connectivity index (χ1n) is 6.79. The Kier molecular flexibility index (Phi) is 5.35. The predicted octanol–water partition coefficient (Wildman–Crippen LogP) is 4.56. The third kappa shape index (κ3) is 3.63. The molecule has 1 aromatic carbocycles. The summed E-state index contributed by atoms with van der Waals surface area (Å²) in [4.78, 5) is 0. The van der Waals surface area contributed by atoms with Gasteiger partial charge in [-0.1, -0.05) is 48.9 Å². The van der Waals surface area contributed by atoms with E-state index in [0.29, 0.717) is 5.92 Å². The highest BCUT2D eigenvalue weighted by Gasteiger charge is 2.25. The highest BCUT2D eigenvalue weighted by molar-refractivity contribution is 6.33. The summed E-state index contributed by atoms with van der Waals surface area (Å²) < 4.78 is 0. The van der Waals surface area contributed by atoms with Crippen molar-refractivity contribution in [3.05, 3.63) is 33.8 Å². The second-order valence-corrected chi connectivity index (χ2v) is 6.15. The van der Waals surface area contributed by atoms with Crippen LogP contribution in [0, 0.1) is 11.8 Å². The number of hydrogen-bond donors (Lipinski definition) is 1. The molecule has 3 heteroatoms. The Labute approximate surface area is 120 Å². The van der Waals surface area contributed by atoms with Crippen molar-refractivity contribution in [3.8, 4) is 0 Å². The van der Waals surface area contributed by atoms with Gasteiger partial charge < -0.3 is 5.32 Å². The van der Waals surface area contributed by atoms with Gasteiger partial charge in [-0.05, 0) is 55.6 Å². The summed E-state index contributed by atoms with van der Waals surface area (Å²) in [6.45, 7) is 1.06. The normalized spacial score (nSPS) is 18.2. The van der Waals surface area contributed by atoms with Gasteiger partial charge in [-0.15, -0.1) is 0 Å². The van der Waals surface area contributed by atoms with Crippen molar-refractivity contribution in [3.63, 3.8) is 0 Å². The molecule has 1 unspecified atom stereocenters. The predicted molar refractivity (Wildman–Crippen MR) is 79.5 cm³/mol. The average Bonchev–Trinajstić information content (AvgIpc) is 2.87. The van der Waals surface area contributed by atoms with Crippen molar-refractivity contribution < 1.29 is 0 Å². The van der Waals surface area contributed by atoms with E-state index in [1.807, 2.05) is 25.2 Å². The first-order chi connectivity index (χ1) is 8.70. The van der Waals surface area contributed by atoms with Crippen molar-refractivity contribution in [1.29, 1.82) is 0 Å². The van der Waals surface area contributed by atoms with E-state index >= 15 is 0 Å². The minimum Gasteiger partial charge on any atom is -0.319 e. The van der Waals surface area contributed by atoms with Crippen LogP contribution >= 0.6 is 23.2 Å². The first-order valence-corrected chi connectivity index (χ1v) is 7.55. The second kappa shape index (κ2) is 6.79. The molecular formula is C15H21Cl2N. The zero-order valence-corrected chi connectivity index (χ0v) is 12.4. The van der Waals surface area contributed by atoms with Gasteiger partial charge in [0.1, 0.15) is 0 Å². The smallest absolute Gasteiger partial charge is 0.0439 e. The molecule has 1 aromatic rings. The first kappa shape index (κ1) is 14.2. The van der Waals surface area contributed by atoms with Crippen molar-refractivity contribution in [1.82, 2.24) is 5.32 Å². The summed E-state index contributed by atoms with van der Waals surface area (Å²) in [5.41, 5.74) is 1.19. The van der Waals surface area contributed by atoms with Gasteiger partial charge in [-0.2, -0.15) is 0 Å². The second-order valence-electron chi connectivity index (χ2n) is 5.30. The Morgan fingerprint density at radius 3 is 2.67 bits per heavy atom. The quantitative estimate of drug-likeness (QED) is 0.836. The van der Waals surface area contributed by atoms with E-state index in [1.54, 1.807) is 0 Å². The fourth-order valence-corrected chi connectivity index (χ4v) is 3.47. The average molecular weight is 286 g/mol. The molecule has 1 fully saturated rings. The van der Waals surface area contributed by atoms with Gasteiger partial charge in [0.05, 0.1) is 0 Å². The maximum atomic E-state index is 6.27. The molecule has 18 heavy (non-hydrogen) atoms. The third-order valence-electron chi connectivity index (χ3n) is 4.02. The lowest BCUT2D eigenvalue weighted by Crippen LogP contribution is -2.26. The Balaban J connectivity index is 2.09. The summed E-state index contributed by atoms with van der Waals surface area (Å²) in [5.74, 6) is 1.51. The lowest BCUT2D eigenvalue weighted by Gasteiger charge is -2.23. The molecule has 1 aliphatic rings. The van der Waals surface area contributed by atoms with Crippen LogP contribution in [-0.4, -0.2) is 13.6 Å². The van der Waals surface area contributed by atoms with Crippen LogP contribution in [-0.2, 0) is 6.42 Å². The zero-order chi connectivity index (χ0) is 13.0. The molecule has 2 rings (SSSR count). The highest BCUT2D eigenvalue weighted by Crippen LogP contribution is 2.34. The molecule has 0 amide bonds. The minimum atomic E-state index is 0.675. The van der Waals surface area contributed by atoms with Crippen molar-refractivity contribution in [2.75, 3.05) is 13.6 Å². The SMILES string of the molecule is CNCC(Cc1cc(Cl)ccc1Cl)C1CCCC1. The molecule has 1 aliphatic carbocycles. The molecule has 0 bridgehead atoms. The zero-order valence-electron chi connectivity index (χ0n) is 10.9. The van der Waals surface area contributed by atoms with Gasteiger partial charge in [-0.3, -0.25) is 0 Å². The van der Waals surface area contributed by atoms with Crippen LogP contribution in [0.25, 0.3) is 0 Å². The van der Waals surface area contributed by atoms with Crippen molar-refractivity contribution >= 4 is 23.2 Å². The number of hydrogen-bond acceptors (Lipinski definition) is 1. The molecule has 0 saturated heterocycles. The van der Waals surface area contributed by atoms with Crippen LogP contribution in [0.4, 0.5) is 0 Å². The summed E-state index contributed by atoms with van der Waals surface area (Å²) >= 11 is 12.3. The fraction of sp³-hybridized carbons (Fsp3) is 0.600. The summed E-state index contributed by atoms with van der Waals surface area (Å²) in [6.07, 6.45) is 6.53. The van der Waals surface area contributed by atoms with E-state index in [1.165, 1.54) is 31.2 Å². The molecule has 0 aromatic heterocycles. The van der Waals surface area contributed by atoms with E-state index in [4.69, 9.17) is 23.2 Å². The van der Waals surface area contributed by atoms with E-state index in [-0.39, 0.29) is 0 Å². The number of nitrogens with one attached hydrogen (secondary N) is 1. The molecule has 1 saturated carbocycles. The van der Waals surface area contributed by atoms with E-state index in [9.17, 15) is 0 Å². The van der Waals surface area contributed by atoms with Gasteiger partial charge in [0.15, 0.2) is 0 Å². The number of halogens is 2. The Morgan fingerprint density at radius 1 is 1.28 bits per heavy atom. The third-order valence-corrected chi connectivity index (χ3v) is 4.63. The molecule has 0 radical (unpaired) electrons. The lowest BCUT2D eigenvalue weighted by atomic mass is 9.85. The Hall–Kier alpha value is -0.240. The van der Waals surface area contributed by atoms with E-state index < -0.39 is 0 Å². The highest BCUT2D eigenvalue weighted by atomic mass is 35.5. The molecule has 0 heterocycles.